The smallest absolute Gasteiger partial charge is 0.339 e. The van der Waals surface area contributed by atoms with Gasteiger partial charge in [-0.2, -0.15) is 0 Å². The van der Waals surface area contributed by atoms with E-state index in [-0.39, 0.29) is 5.56 Å². The Morgan fingerprint density at radius 2 is 2.33 bits per heavy atom. The molecule has 1 fully saturated rings. The van der Waals surface area contributed by atoms with Crippen molar-refractivity contribution in [2.75, 3.05) is 25.2 Å². The lowest BCUT2D eigenvalue weighted by molar-refractivity contribution is 0.0697. The van der Waals surface area contributed by atoms with E-state index < -0.39 is 5.97 Å². The fourth-order valence-electron chi connectivity index (χ4n) is 2.02. The van der Waals surface area contributed by atoms with Gasteiger partial charge in [0.05, 0.1) is 12.3 Å². The second kappa shape index (κ2) is 5.35. The van der Waals surface area contributed by atoms with Crippen molar-refractivity contribution in [3.63, 3.8) is 0 Å². The summed E-state index contributed by atoms with van der Waals surface area (Å²) in [7, 11) is 1.65. The van der Waals surface area contributed by atoms with Crippen molar-refractivity contribution in [1.82, 2.24) is 4.98 Å². The number of methoxy groups -OCH3 is 1. The van der Waals surface area contributed by atoms with Crippen LogP contribution in [0.15, 0.2) is 12.3 Å². The molecule has 1 aliphatic rings. The number of nitrogens with zero attached hydrogens (tertiary/aromatic N) is 2. The molecule has 18 heavy (non-hydrogen) atoms. The number of hydrogen-bond donors (Lipinski definition) is 1. The Hall–Kier alpha value is -1.62. The summed E-state index contributed by atoms with van der Waals surface area (Å²) in [6, 6.07) is 2.29. The van der Waals surface area contributed by atoms with Gasteiger partial charge in [0, 0.05) is 31.6 Å². The van der Waals surface area contributed by atoms with Crippen LogP contribution in [0.3, 0.4) is 0 Å². The number of anilines is 1. The van der Waals surface area contributed by atoms with Crippen LogP contribution in [0.4, 0.5) is 5.69 Å². The van der Waals surface area contributed by atoms with E-state index in [2.05, 4.69) is 9.88 Å². The van der Waals surface area contributed by atoms with E-state index in [0.29, 0.717) is 19.2 Å². The molecule has 1 aliphatic carbocycles. The third-order valence-electron chi connectivity index (χ3n) is 3.08. The number of aryl methyl sites for hydroxylation is 1. The van der Waals surface area contributed by atoms with Crippen molar-refractivity contribution in [3.05, 3.63) is 23.5 Å². The maximum atomic E-state index is 11.3. The zero-order chi connectivity index (χ0) is 13.1. The minimum Gasteiger partial charge on any atom is -0.478 e. The summed E-state index contributed by atoms with van der Waals surface area (Å²) in [4.78, 5) is 17.4. The molecular formula is C13H18N2O3. The third kappa shape index (κ3) is 2.79. The SMILES string of the molecule is COCCN(c1cc(C)ncc1C(=O)O)C1CC1. The van der Waals surface area contributed by atoms with Gasteiger partial charge in [-0.3, -0.25) is 4.98 Å². The number of aromatic carboxylic acids is 1. The van der Waals surface area contributed by atoms with Gasteiger partial charge < -0.3 is 14.7 Å². The number of hydrogen-bond acceptors (Lipinski definition) is 4. The fourth-order valence-corrected chi connectivity index (χ4v) is 2.02. The summed E-state index contributed by atoms with van der Waals surface area (Å²) in [6.07, 6.45) is 3.67. The van der Waals surface area contributed by atoms with Crippen LogP contribution in [-0.4, -0.2) is 42.4 Å². The van der Waals surface area contributed by atoms with E-state index in [1.54, 1.807) is 7.11 Å². The standard InChI is InChI=1S/C13H18N2O3/c1-9-7-12(11(8-14-9)13(16)17)15(5-6-18-2)10-3-4-10/h7-8,10H,3-6H2,1-2H3,(H,16,17). The lowest BCUT2D eigenvalue weighted by Gasteiger charge is -2.26. The summed E-state index contributed by atoms with van der Waals surface area (Å²) in [5.41, 5.74) is 1.86. The van der Waals surface area contributed by atoms with Gasteiger partial charge in [0.25, 0.3) is 0 Å². The summed E-state index contributed by atoms with van der Waals surface area (Å²) in [5.74, 6) is -0.930. The van der Waals surface area contributed by atoms with Crippen molar-refractivity contribution in [1.29, 1.82) is 0 Å². The van der Waals surface area contributed by atoms with Gasteiger partial charge in [0.15, 0.2) is 0 Å². The largest absolute Gasteiger partial charge is 0.478 e. The Morgan fingerprint density at radius 1 is 1.61 bits per heavy atom. The molecule has 0 saturated heterocycles. The molecule has 1 aromatic heterocycles. The van der Waals surface area contributed by atoms with Crippen LogP contribution in [0.2, 0.25) is 0 Å². The first-order valence-corrected chi connectivity index (χ1v) is 6.09. The Bertz CT molecular complexity index is 444. The number of carbonyl (C=O) groups is 1. The quantitative estimate of drug-likeness (QED) is 0.832. The molecule has 0 atom stereocenters. The highest BCUT2D eigenvalue weighted by Gasteiger charge is 2.31. The average molecular weight is 250 g/mol. The molecule has 2 rings (SSSR count). The lowest BCUT2D eigenvalue weighted by Crippen LogP contribution is -2.31. The molecule has 0 spiro atoms. The first-order valence-electron chi connectivity index (χ1n) is 6.09. The highest BCUT2D eigenvalue weighted by atomic mass is 16.5. The number of pyridine rings is 1. The van der Waals surface area contributed by atoms with Gasteiger partial charge in [-0.05, 0) is 25.8 Å². The highest BCUT2D eigenvalue weighted by molar-refractivity contribution is 5.94. The molecule has 0 aromatic carbocycles. The predicted octanol–water partition coefficient (Wildman–Crippen LogP) is 1.70. The summed E-state index contributed by atoms with van der Waals surface area (Å²) < 4.78 is 5.10. The van der Waals surface area contributed by atoms with Gasteiger partial charge in [-0.15, -0.1) is 0 Å². The molecule has 0 bridgehead atoms. The van der Waals surface area contributed by atoms with E-state index in [9.17, 15) is 9.90 Å². The van der Waals surface area contributed by atoms with Crippen LogP contribution >= 0.6 is 0 Å². The van der Waals surface area contributed by atoms with Crippen LogP contribution in [0.25, 0.3) is 0 Å². The molecule has 5 heteroatoms. The van der Waals surface area contributed by atoms with Crippen molar-refractivity contribution in [2.45, 2.75) is 25.8 Å². The molecule has 0 aliphatic heterocycles. The lowest BCUT2D eigenvalue weighted by atomic mass is 10.2. The van der Waals surface area contributed by atoms with Crippen LogP contribution in [0.5, 0.6) is 0 Å². The Morgan fingerprint density at radius 3 is 2.89 bits per heavy atom. The molecule has 1 aromatic rings. The van der Waals surface area contributed by atoms with E-state index in [0.717, 1.165) is 24.2 Å². The van der Waals surface area contributed by atoms with Gasteiger partial charge in [-0.25, -0.2) is 4.79 Å². The summed E-state index contributed by atoms with van der Waals surface area (Å²) >= 11 is 0. The molecule has 0 radical (unpaired) electrons. The zero-order valence-electron chi connectivity index (χ0n) is 10.7. The first kappa shape index (κ1) is 12.8. The molecule has 5 nitrogen and oxygen atoms in total. The Kier molecular flexibility index (Phi) is 3.81. The van der Waals surface area contributed by atoms with Crippen LogP contribution in [-0.2, 0) is 4.74 Å². The first-order chi connectivity index (χ1) is 8.63. The van der Waals surface area contributed by atoms with Crippen LogP contribution in [0.1, 0.15) is 28.9 Å². The van der Waals surface area contributed by atoms with E-state index >= 15 is 0 Å². The molecule has 0 unspecified atom stereocenters. The number of carboxylic acids is 1. The van der Waals surface area contributed by atoms with Crippen molar-refractivity contribution in [3.8, 4) is 0 Å². The molecular weight excluding hydrogens is 232 g/mol. The number of aromatic nitrogens is 1. The maximum Gasteiger partial charge on any atom is 0.339 e. The minimum absolute atomic E-state index is 0.267. The van der Waals surface area contributed by atoms with Crippen LogP contribution in [0, 0.1) is 6.92 Å². The molecule has 1 N–H and O–H groups in total. The van der Waals surface area contributed by atoms with Gasteiger partial charge in [0.2, 0.25) is 0 Å². The predicted molar refractivity (Wildman–Crippen MR) is 68.2 cm³/mol. The topological polar surface area (TPSA) is 62.7 Å². The molecule has 98 valence electrons. The minimum atomic E-state index is -0.930. The van der Waals surface area contributed by atoms with Gasteiger partial charge >= 0.3 is 5.97 Å². The van der Waals surface area contributed by atoms with Crippen molar-refractivity contribution >= 4 is 11.7 Å². The van der Waals surface area contributed by atoms with E-state index in [1.807, 2.05) is 13.0 Å². The molecule has 1 heterocycles. The zero-order valence-corrected chi connectivity index (χ0v) is 10.7. The fraction of sp³-hybridized carbons (Fsp3) is 0.538. The number of ether oxygens (including phenoxy) is 1. The van der Waals surface area contributed by atoms with Gasteiger partial charge in [-0.1, -0.05) is 0 Å². The van der Waals surface area contributed by atoms with Crippen LogP contribution < -0.4 is 4.90 Å². The third-order valence-corrected chi connectivity index (χ3v) is 3.08. The van der Waals surface area contributed by atoms with Crippen molar-refractivity contribution < 1.29 is 14.6 Å². The van der Waals surface area contributed by atoms with E-state index in [4.69, 9.17) is 4.74 Å². The molecule has 0 amide bonds. The van der Waals surface area contributed by atoms with Gasteiger partial charge in [0.1, 0.15) is 5.56 Å². The molecule has 1 saturated carbocycles. The average Bonchev–Trinajstić information content (AvgIpc) is 3.13. The summed E-state index contributed by atoms with van der Waals surface area (Å²) in [5, 5.41) is 9.24. The normalized spacial score (nSPS) is 14.6. The Balaban J connectivity index is 2.32. The monoisotopic (exact) mass is 250 g/mol. The Labute approximate surface area is 106 Å². The highest BCUT2D eigenvalue weighted by Crippen LogP contribution is 2.33. The van der Waals surface area contributed by atoms with E-state index in [1.165, 1.54) is 6.20 Å². The second-order valence-corrected chi connectivity index (χ2v) is 4.57. The second-order valence-electron chi connectivity index (χ2n) is 4.57. The number of rotatable bonds is 6. The number of carboxylic acid groups (broad SMARTS) is 1. The summed E-state index contributed by atoms with van der Waals surface area (Å²) in [6.45, 7) is 3.18. The van der Waals surface area contributed by atoms with Crippen molar-refractivity contribution in [2.24, 2.45) is 0 Å². The maximum absolute atomic E-state index is 11.3.